The van der Waals surface area contributed by atoms with Crippen LogP contribution >= 0.6 is 0 Å². The molecule has 0 rings (SSSR count). The van der Waals surface area contributed by atoms with Gasteiger partial charge in [-0.05, 0) is 19.4 Å². The van der Waals surface area contributed by atoms with Crippen LogP contribution in [-0.4, -0.2) is 25.4 Å². The zero-order valence-electron chi connectivity index (χ0n) is 10.9. The first-order valence-corrected chi connectivity index (χ1v) is 6.49. The average molecular weight is 243 g/mol. The number of nitrogens with two attached hydrogens (primary N) is 1. The van der Waals surface area contributed by atoms with Gasteiger partial charge in [-0.15, -0.1) is 0 Å². The zero-order valence-corrected chi connectivity index (χ0v) is 10.9. The third kappa shape index (κ3) is 11.4. The Labute approximate surface area is 104 Å². The fraction of sp³-hybridized carbons (Fsp3) is 0.846. The second-order valence-electron chi connectivity index (χ2n) is 4.31. The molecule has 0 heterocycles. The van der Waals surface area contributed by atoms with Crippen molar-refractivity contribution >= 4 is 11.8 Å². The van der Waals surface area contributed by atoms with Crippen LogP contribution in [0.5, 0.6) is 0 Å². The maximum absolute atomic E-state index is 11.3. The van der Waals surface area contributed by atoms with Gasteiger partial charge < -0.3 is 10.5 Å². The van der Waals surface area contributed by atoms with Crippen molar-refractivity contribution in [2.24, 2.45) is 5.73 Å². The largest absolute Gasteiger partial charge is 0.469 e. The minimum Gasteiger partial charge on any atom is -0.469 e. The lowest BCUT2D eigenvalue weighted by molar-refractivity contribution is -0.143. The Kier molecular flexibility index (Phi) is 11.0. The van der Waals surface area contributed by atoms with Gasteiger partial charge in [0, 0.05) is 6.42 Å². The summed E-state index contributed by atoms with van der Waals surface area (Å²) in [5, 5.41) is 0. The van der Waals surface area contributed by atoms with Gasteiger partial charge in [-0.1, -0.05) is 32.1 Å². The maximum Gasteiger partial charge on any atom is 0.313 e. The molecule has 4 heteroatoms. The topological polar surface area (TPSA) is 69.4 Å². The molecule has 0 aliphatic carbocycles. The number of Topliss-reactive ketones (excluding diaryl/α,β-unsaturated/α-hetero) is 1. The number of hydrogen-bond acceptors (Lipinski definition) is 4. The van der Waals surface area contributed by atoms with Crippen LogP contribution in [0.4, 0.5) is 0 Å². The lowest BCUT2D eigenvalue weighted by Gasteiger charge is -2.01. The number of hydrogen-bond donors (Lipinski definition) is 1. The molecule has 0 spiro atoms. The smallest absolute Gasteiger partial charge is 0.313 e. The van der Waals surface area contributed by atoms with Gasteiger partial charge in [-0.2, -0.15) is 0 Å². The van der Waals surface area contributed by atoms with Gasteiger partial charge in [-0.25, -0.2) is 0 Å². The summed E-state index contributed by atoms with van der Waals surface area (Å²) in [7, 11) is 1.30. The highest BCUT2D eigenvalue weighted by Crippen LogP contribution is 2.09. The van der Waals surface area contributed by atoms with Crippen molar-refractivity contribution in [2.45, 2.75) is 57.8 Å². The van der Waals surface area contributed by atoms with Gasteiger partial charge in [0.15, 0.2) is 0 Å². The average Bonchev–Trinajstić information content (AvgIpc) is 2.32. The van der Waals surface area contributed by atoms with E-state index in [1.165, 1.54) is 26.4 Å². The standard InChI is InChI=1S/C13H25NO3/c1-17-13(16)11-12(15)9-7-5-3-2-4-6-8-10-14/h2-11,14H2,1H3. The molecular weight excluding hydrogens is 218 g/mol. The highest BCUT2D eigenvalue weighted by Gasteiger charge is 2.08. The van der Waals surface area contributed by atoms with Crippen LogP contribution < -0.4 is 5.73 Å². The maximum atomic E-state index is 11.3. The lowest BCUT2D eigenvalue weighted by atomic mass is 10.1. The van der Waals surface area contributed by atoms with E-state index in [0.29, 0.717) is 6.42 Å². The molecule has 0 amide bonds. The molecule has 100 valence electrons. The van der Waals surface area contributed by atoms with E-state index in [1.807, 2.05) is 0 Å². The van der Waals surface area contributed by atoms with Crippen LogP contribution in [0.3, 0.4) is 0 Å². The summed E-state index contributed by atoms with van der Waals surface area (Å²) in [5.74, 6) is -0.447. The molecule has 0 fully saturated rings. The lowest BCUT2D eigenvalue weighted by Crippen LogP contribution is -2.08. The zero-order chi connectivity index (χ0) is 12.9. The van der Waals surface area contributed by atoms with Crippen molar-refractivity contribution in [1.29, 1.82) is 0 Å². The number of ether oxygens (including phenoxy) is 1. The Hall–Kier alpha value is -0.900. The third-order valence-corrected chi connectivity index (χ3v) is 2.73. The number of rotatable bonds is 11. The van der Waals surface area contributed by atoms with E-state index >= 15 is 0 Å². The third-order valence-electron chi connectivity index (χ3n) is 2.73. The molecule has 4 nitrogen and oxygen atoms in total. The summed E-state index contributed by atoms with van der Waals surface area (Å²) in [6, 6.07) is 0. The second kappa shape index (κ2) is 11.6. The van der Waals surface area contributed by atoms with E-state index in [-0.39, 0.29) is 12.2 Å². The second-order valence-corrected chi connectivity index (χ2v) is 4.31. The molecule has 0 aromatic rings. The van der Waals surface area contributed by atoms with Crippen LogP contribution in [0.2, 0.25) is 0 Å². The molecule has 0 atom stereocenters. The normalized spacial score (nSPS) is 10.2. The summed E-state index contributed by atoms with van der Waals surface area (Å²) in [6.07, 6.45) is 8.29. The molecule has 0 saturated carbocycles. The predicted octanol–water partition coefficient (Wildman–Crippen LogP) is 2.20. The molecule has 2 N–H and O–H groups in total. The summed E-state index contributed by atoms with van der Waals surface area (Å²) < 4.78 is 4.43. The molecular formula is C13H25NO3. The van der Waals surface area contributed by atoms with E-state index in [9.17, 15) is 9.59 Å². The van der Waals surface area contributed by atoms with Gasteiger partial charge in [-0.3, -0.25) is 9.59 Å². The number of methoxy groups -OCH3 is 1. The van der Waals surface area contributed by atoms with E-state index in [0.717, 1.165) is 32.2 Å². The molecule has 17 heavy (non-hydrogen) atoms. The van der Waals surface area contributed by atoms with Crippen LogP contribution in [0.25, 0.3) is 0 Å². The van der Waals surface area contributed by atoms with Gasteiger partial charge >= 0.3 is 5.97 Å². The van der Waals surface area contributed by atoms with Crippen molar-refractivity contribution < 1.29 is 14.3 Å². The Bertz CT molecular complexity index is 217. The van der Waals surface area contributed by atoms with Gasteiger partial charge in [0.05, 0.1) is 7.11 Å². The minimum absolute atomic E-state index is 0.0139. The van der Waals surface area contributed by atoms with Crippen molar-refractivity contribution in [1.82, 2.24) is 0 Å². The molecule has 0 aliphatic heterocycles. The molecule has 0 saturated heterocycles. The van der Waals surface area contributed by atoms with Crippen molar-refractivity contribution in [3.8, 4) is 0 Å². The predicted molar refractivity (Wildman–Crippen MR) is 67.6 cm³/mol. The SMILES string of the molecule is COC(=O)CC(=O)CCCCCCCCCN. The number of carbonyl (C=O) groups is 2. The molecule has 0 aliphatic rings. The highest BCUT2D eigenvalue weighted by molar-refractivity contribution is 5.95. The Morgan fingerprint density at radius 2 is 1.47 bits per heavy atom. The van der Waals surface area contributed by atoms with E-state index in [4.69, 9.17) is 5.73 Å². The Morgan fingerprint density at radius 1 is 0.941 bits per heavy atom. The number of carbonyl (C=O) groups excluding carboxylic acids is 2. The first-order chi connectivity index (χ1) is 8.20. The molecule has 0 radical (unpaired) electrons. The van der Waals surface area contributed by atoms with Crippen molar-refractivity contribution in [2.75, 3.05) is 13.7 Å². The number of ketones is 1. The van der Waals surface area contributed by atoms with Gasteiger partial charge in [0.1, 0.15) is 12.2 Å². The molecule has 0 unspecified atom stereocenters. The first-order valence-electron chi connectivity index (χ1n) is 6.49. The highest BCUT2D eigenvalue weighted by atomic mass is 16.5. The van der Waals surface area contributed by atoms with Gasteiger partial charge in [0.2, 0.25) is 0 Å². The van der Waals surface area contributed by atoms with E-state index < -0.39 is 5.97 Å². The van der Waals surface area contributed by atoms with Crippen molar-refractivity contribution in [3.05, 3.63) is 0 Å². The van der Waals surface area contributed by atoms with E-state index in [1.54, 1.807) is 0 Å². The van der Waals surface area contributed by atoms with Crippen LogP contribution in [0.15, 0.2) is 0 Å². The van der Waals surface area contributed by atoms with Gasteiger partial charge in [0.25, 0.3) is 0 Å². The van der Waals surface area contributed by atoms with Crippen LogP contribution in [-0.2, 0) is 14.3 Å². The summed E-state index contributed by atoms with van der Waals surface area (Å²) in [6.45, 7) is 0.780. The summed E-state index contributed by atoms with van der Waals surface area (Å²) in [5.41, 5.74) is 5.40. The van der Waals surface area contributed by atoms with Crippen LogP contribution in [0, 0.1) is 0 Å². The number of esters is 1. The molecule has 0 bridgehead atoms. The first kappa shape index (κ1) is 16.1. The fourth-order valence-electron chi connectivity index (χ4n) is 1.67. The number of unbranched alkanes of at least 4 members (excludes halogenated alkanes) is 6. The summed E-state index contributed by atoms with van der Waals surface area (Å²) in [4.78, 5) is 22.1. The summed E-state index contributed by atoms with van der Waals surface area (Å²) >= 11 is 0. The Morgan fingerprint density at radius 3 is 2.00 bits per heavy atom. The molecule has 0 aromatic heterocycles. The monoisotopic (exact) mass is 243 g/mol. The van der Waals surface area contributed by atoms with Crippen molar-refractivity contribution in [3.63, 3.8) is 0 Å². The quantitative estimate of drug-likeness (QED) is 0.343. The van der Waals surface area contributed by atoms with E-state index in [2.05, 4.69) is 4.74 Å². The minimum atomic E-state index is -0.434. The Balaban J connectivity index is 3.22. The molecule has 0 aromatic carbocycles. The van der Waals surface area contributed by atoms with Crippen LogP contribution in [0.1, 0.15) is 57.8 Å². The fourth-order valence-corrected chi connectivity index (χ4v) is 1.67.